The van der Waals surface area contributed by atoms with Crippen molar-refractivity contribution in [3.63, 3.8) is 0 Å². The lowest BCUT2D eigenvalue weighted by molar-refractivity contribution is -0.341. The molecule has 13 nitrogen and oxygen atoms in total. The lowest BCUT2D eigenvalue weighted by Gasteiger charge is -2.45. The van der Waals surface area contributed by atoms with Crippen molar-refractivity contribution in [2.75, 3.05) is 13.2 Å². The standard InChI is InChI=1S/C12H21N3O10/c13-15-14-11-8(21)7(20)10(4(2-17)23-11)25-12-9(22)6(19)5(18)3(1-16)24-12/h3-12,16-22H,1-2H2/t3-,4-,5+,6+,7-,8-,9-,10-,11+,12+/m1/s1. The van der Waals surface area contributed by atoms with E-state index in [0.717, 1.165) is 0 Å². The average molecular weight is 367 g/mol. The van der Waals surface area contributed by atoms with E-state index in [0.29, 0.717) is 0 Å². The molecule has 0 radical (unpaired) electrons. The third kappa shape index (κ3) is 4.02. The first kappa shape index (κ1) is 20.2. The Bertz CT molecular complexity index is 488. The molecular formula is C12H21N3O10. The molecule has 2 heterocycles. The van der Waals surface area contributed by atoms with Gasteiger partial charge in [-0.2, -0.15) is 0 Å². The Morgan fingerprint density at radius 3 is 2.04 bits per heavy atom. The van der Waals surface area contributed by atoms with Crippen LogP contribution in [0.1, 0.15) is 0 Å². The Balaban J connectivity index is 2.15. The third-order valence-electron chi connectivity index (χ3n) is 4.14. The van der Waals surface area contributed by atoms with E-state index >= 15 is 0 Å². The molecule has 0 aromatic rings. The summed E-state index contributed by atoms with van der Waals surface area (Å²) in [5.74, 6) is 0. The van der Waals surface area contributed by atoms with Crippen LogP contribution in [-0.2, 0) is 14.2 Å². The lowest BCUT2D eigenvalue weighted by atomic mass is 9.96. The Hall–Kier alpha value is -1.09. The number of rotatable bonds is 5. The quantitative estimate of drug-likeness (QED) is 0.141. The van der Waals surface area contributed by atoms with Crippen LogP contribution in [0.3, 0.4) is 0 Å². The van der Waals surface area contributed by atoms with Gasteiger partial charge in [-0.15, -0.1) is 0 Å². The van der Waals surface area contributed by atoms with Gasteiger partial charge >= 0.3 is 0 Å². The van der Waals surface area contributed by atoms with Crippen LogP contribution in [0, 0.1) is 0 Å². The topological polar surface area (TPSA) is 218 Å². The normalized spacial score (nSPS) is 48.0. The Labute approximate surface area is 141 Å². The van der Waals surface area contributed by atoms with Crippen molar-refractivity contribution in [1.82, 2.24) is 0 Å². The smallest absolute Gasteiger partial charge is 0.187 e. The van der Waals surface area contributed by atoms with E-state index < -0.39 is 74.6 Å². The second-order valence-electron chi connectivity index (χ2n) is 5.73. The first-order chi connectivity index (χ1) is 11.8. The van der Waals surface area contributed by atoms with Crippen molar-refractivity contribution >= 4 is 0 Å². The largest absolute Gasteiger partial charge is 0.394 e. The molecule has 0 bridgehead atoms. The van der Waals surface area contributed by atoms with Gasteiger partial charge in [0, 0.05) is 4.91 Å². The molecule has 7 N–H and O–H groups in total. The Morgan fingerprint density at radius 1 is 0.840 bits per heavy atom. The maximum absolute atomic E-state index is 10.1. The third-order valence-corrected chi connectivity index (χ3v) is 4.14. The fourth-order valence-corrected chi connectivity index (χ4v) is 2.72. The van der Waals surface area contributed by atoms with Gasteiger partial charge in [0.05, 0.1) is 13.2 Å². The van der Waals surface area contributed by atoms with Crippen molar-refractivity contribution < 1.29 is 50.0 Å². The maximum Gasteiger partial charge on any atom is 0.187 e. The monoisotopic (exact) mass is 367 g/mol. The van der Waals surface area contributed by atoms with Gasteiger partial charge in [0.15, 0.2) is 12.5 Å². The van der Waals surface area contributed by atoms with Gasteiger partial charge in [-0.25, -0.2) is 0 Å². The molecule has 2 aliphatic heterocycles. The summed E-state index contributed by atoms with van der Waals surface area (Å²) in [5.41, 5.74) is 8.42. The van der Waals surface area contributed by atoms with Gasteiger partial charge in [-0.1, -0.05) is 5.11 Å². The zero-order chi connectivity index (χ0) is 18.7. The van der Waals surface area contributed by atoms with E-state index in [4.69, 9.17) is 24.8 Å². The molecule has 10 atom stereocenters. The number of hydrogen-bond donors (Lipinski definition) is 7. The minimum Gasteiger partial charge on any atom is -0.394 e. The van der Waals surface area contributed by atoms with Crippen molar-refractivity contribution in [3.05, 3.63) is 10.4 Å². The van der Waals surface area contributed by atoms with E-state index in [1.54, 1.807) is 0 Å². The molecule has 0 aliphatic carbocycles. The Morgan fingerprint density at radius 2 is 1.48 bits per heavy atom. The van der Waals surface area contributed by atoms with E-state index in [1.807, 2.05) is 0 Å². The summed E-state index contributed by atoms with van der Waals surface area (Å²) in [5, 5.41) is 71.1. The molecule has 2 aliphatic rings. The maximum atomic E-state index is 10.1. The predicted molar refractivity (Wildman–Crippen MR) is 75.5 cm³/mol. The second kappa shape index (κ2) is 8.53. The van der Waals surface area contributed by atoms with Crippen molar-refractivity contribution in [1.29, 1.82) is 0 Å². The van der Waals surface area contributed by atoms with E-state index in [-0.39, 0.29) is 0 Å². The van der Waals surface area contributed by atoms with Crippen LogP contribution >= 0.6 is 0 Å². The molecule has 13 heteroatoms. The molecule has 25 heavy (non-hydrogen) atoms. The fraction of sp³-hybridized carbons (Fsp3) is 1.00. The van der Waals surface area contributed by atoms with Crippen LogP contribution in [0.15, 0.2) is 5.11 Å². The van der Waals surface area contributed by atoms with Crippen molar-refractivity contribution in [2.45, 2.75) is 61.3 Å². The van der Waals surface area contributed by atoms with Gasteiger partial charge in [0.1, 0.15) is 48.8 Å². The number of aliphatic hydroxyl groups excluding tert-OH is 7. The molecule has 2 fully saturated rings. The summed E-state index contributed by atoms with van der Waals surface area (Å²) >= 11 is 0. The van der Waals surface area contributed by atoms with Crippen molar-refractivity contribution in [3.8, 4) is 0 Å². The molecule has 144 valence electrons. The summed E-state index contributed by atoms with van der Waals surface area (Å²) in [6.45, 7) is -1.37. The number of aliphatic hydroxyl groups is 7. The summed E-state index contributed by atoms with van der Waals surface area (Å²) in [4.78, 5) is 2.46. The SMILES string of the molecule is [N-]=[N+]=N[C@H]1O[C@H](CO)[C@@H](O[C@@H]2O[C@H](CO)[C@H](O)[C@H](O)[C@H]2O)[C@H](O)[C@H]1O. The van der Waals surface area contributed by atoms with Gasteiger partial charge in [-0.05, 0) is 5.53 Å². The number of nitrogens with zero attached hydrogens (tertiary/aromatic N) is 3. The highest BCUT2D eigenvalue weighted by Gasteiger charge is 2.50. The van der Waals surface area contributed by atoms with Crippen LogP contribution in [-0.4, -0.2) is 110 Å². The lowest BCUT2D eigenvalue weighted by Crippen LogP contribution is -2.64. The highest BCUT2D eigenvalue weighted by molar-refractivity contribution is 4.95. The zero-order valence-electron chi connectivity index (χ0n) is 12.9. The van der Waals surface area contributed by atoms with E-state index in [1.165, 1.54) is 0 Å². The van der Waals surface area contributed by atoms with E-state index in [2.05, 4.69) is 10.0 Å². The molecule has 0 saturated carbocycles. The van der Waals surface area contributed by atoms with Gasteiger partial charge in [0.2, 0.25) is 0 Å². The van der Waals surface area contributed by atoms with Gasteiger partial charge < -0.3 is 50.0 Å². The minimum absolute atomic E-state index is 0.681. The van der Waals surface area contributed by atoms with Crippen LogP contribution in [0.25, 0.3) is 10.4 Å². The second-order valence-corrected chi connectivity index (χ2v) is 5.73. The molecule has 0 spiro atoms. The van der Waals surface area contributed by atoms with Crippen LogP contribution in [0.5, 0.6) is 0 Å². The predicted octanol–water partition coefficient (Wildman–Crippen LogP) is -4.08. The number of ether oxygens (including phenoxy) is 3. The van der Waals surface area contributed by atoms with Crippen LogP contribution in [0.4, 0.5) is 0 Å². The van der Waals surface area contributed by atoms with Crippen molar-refractivity contribution in [2.24, 2.45) is 5.11 Å². The summed E-state index contributed by atoms with van der Waals surface area (Å²) in [6, 6.07) is 0. The highest BCUT2D eigenvalue weighted by Crippen LogP contribution is 2.29. The summed E-state index contributed by atoms with van der Waals surface area (Å²) < 4.78 is 15.6. The van der Waals surface area contributed by atoms with Gasteiger partial charge in [0.25, 0.3) is 0 Å². The first-order valence-electron chi connectivity index (χ1n) is 7.48. The number of azide groups is 1. The summed E-state index contributed by atoms with van der Waals surface area (Å²) in [6.07, 6.45) is -15.4. The van der Waals surface area contributed by atoms with Crippen LogP contribution in [0.2, 0.25) is 0 Å². The molecule has 0 unspecified atom stereocenters. The van der Waals surface area contributed by atoms with E-state index in [9.17, 15) is 30.6 Å². The molecule has 0 aromatic heterocycles. The molecule has 2 rings (SSSR count). The highest BCUT2D eigenvalue weighted by atomic mass is 16.7. The average Bonchev–Trinajstić information content (AvgIpc) is 2.61. The first-order valence-corrected chi connectivity index (χ1v) is 7.48. The zero-order valence-corrected chi connectivity index (χ0v) is 12.9. The molecular weight excluding hydrogens is 346 g/mol. The van der Waals surface area contributed by atoms with Crippen LogP contribution < -0.4 is 0 Å². The van der Waals surface area contributed by atoms with Gasteiger partial charge in [-0.3, -0.25) is 0 Å². The molecule has 0 aromatic carbocycles. The fourth-order valence-electron chi connectivity index (χ4n) is 2.72. The summed E-state index contributed by atoms with van der Waals surface area (Å²) in [7, 11) is 0. The minimum atomic E-state index is -1.74. The Kier molecular flexibility index (Phi) is 6.90. The number of hydrogen-bond acceptors (Lipinski definition) is 11. The molecule has 0 amide bonds. The molecule has 2 saturated heterocycles.